The first-order valence-electron chi connectivity index (χ1n) is 6.11. The highest BCUT2D eigenvalue weighted by Gasteiger charge is 2.23. The lowest BCUT2D eigenvalue weighted by molar-refractivity contribution is 0.162. The van der Waals surface area contributed by atoms with Gasteiger partial charge in [0.15, 0.2) is 0 Å². The van der Waals surface area contributed by atoms with Crippen LogP contribution in [0.1, 0.15) is 41.0 Å². The standard InChI is InChI=1S/C13H24O2S2/c1-7(13(17)9(3)11(5)15)6-12(16)8(2)10(4)14/h7-11,14-15H,6H2,1-5H3. The van der Waals surface area contributed by atoms with Gasteiger partial charge in [-0.2, -0.15) is 0 Å². The predicted molar refractivity (Wildman–Crippen MR) is 80.7 cm³/mol. The minimum Gasteiger partial charge on any atom is -0.393 e. The van der Waals surface area contributed by atoms with Crippen molar-refractivity contribution >= 4 is 34.2 Å². The highest BCUT2D eigenvalue weighted by molar-refractivity contribution is 7.81. The summed E-state index contributed by atoms with van der Waals surface area (Å²) in [6.07, 6.45) is -0.137. The second-order valence-electron chi connectivity index (χ2n) is 5.03. The summed E-state index contributed by atoms with van der Waals surface area (Å²) < 4.78 is 0. The Labute approximate surface area is 115 Å². The Hall–Kier alpha value is 0.100. The summed E-state index contributed by atoms with van der Waals surface area (Å²) >= 11 is 10.7. The molecule has 0 aromatic carbocycles. The number of hydrogen-bond acceptors (Lipinski definition) is 4. The second kappa shape index (κ2) is 7.52. The largest absolute Gasteiger partial charge is 0.393 e. The summed E-state index contributed by atoms with van der Waals surface area (Å²) in [5.41, 5.74) is 0. The Morgan fingerprint density at radius 2 is 1.29 bits per heavy atom. The van der Waals surface area contributed by atoms with Crippen LogP contribution in [0.3, 0.4) is 0 Å². The summed E-state index contributed by atoms with van der Waals surface area (Å²) in [6, 6.07) is 0. The topological polar surface area (TPSA) is 40.5 Å². The van der Waals surface area contributed by atoms with Gasteiger partial charge in [0.25, 0.3) is 0 Å². The normalized spacial score (nSPS) is 20.2. The van der Waals surface area contributed by atoms with E-state index in [4.69, 9.17) is 24.4 Å². The molecular formula is C13H24O2S2. The first-order chi connectivity index (χ1) is 7.68. The van der Waals surface area contributed by atoms with E-state index in [1.54, 1.807) is 13.8 Å². The van der Waals surface area contributed by atoms with Crippen molar-refractivity contribution in [3.05, 3.63) is 0 Å². The fourth-order valence-electron chi connectivity index (χ4n) is 1.54. The first-order valence-corrected chi connectivity index (χ1v) is 6.92. The van der Waals surface area contributed by atoms with Gasteiger partial charge in [-0.3, -0.25) is 0 Å². The molecule has 0 rings (SSSR count). The maximum atomic E-state index is 9.51. The van der Waals surface area contributed by atoms with Gasteiger partial charge in [-0.15, -0.1) is 0 Å². The van der Waals surface area contributed by atoms with E-state index in [1.807, 2.05) is 20.8 Å². The minimum atomic E-state index is -0.423. The van der Waals surface area contributed by atoms with Gasteiger partial charge in [0.05, 0.1) is 12.2 Å². The monoisotopic (exact) mass is 276 g/mol. The van der Waals surface area contributed by atoms with E-state index in [1.165, 1.54) is 0 Å². The minimum absolute atomic E-state index is 0.00431. The molecule has 5 atom stereocenters. The molecule has 0 aromatic rings. The van der Waals surface area contributed by atoms with Gasteiger partial charge in [0.1, 0.15) is 0 Å². The van der Waals surface area contributed by atoms with Crippen molar-refractivity contribution in [2.75, 3.05) is 0 Å². The zero-order valence-corrected chi connectivity index (χ0v) is 12.9. The van der Waals surface area contributed by atoms with Crippen LogP contribution in [0.5, 0.6) is 0 Å². The number of aliphatic hydroxyl groups is 2. The van der Waals surface area contributed by atoms with Gasteiger partial charge in [0, 0.05) is 16.7 Å². The van der Waals surface area contributed by atoms with E-state index < -0.39 is 12.2 Å². The van der Waals surface area contributed by atoms with E-state index >= 15 is 0 Å². The molecule has 0 aromatic heterocycles. The van der Waals surface area contributed by atoms with Crippen molar-refractivity contribution in [3.63, 3.8) is 0 Å². The van der Waals surface area contributed by atoms with Crippen LogP contribution < -0.4 is 0 Å². The van der Waals surface area contributed by atoms with Gasteiger partial charge in [-0.1, -0.05) is 45.2 Å². The van der Waals surface area contributed by atoms with Gasteiger partial charge in [-0.25, -0.2) is 0 Å². The number of thiocarbonyl (C=S) groups is 2. The summed E-state index contributed by atoms with van der Waals surface area (Å²) in [4.78, 5) is 1.72. The molecule has 0 fully saturated rings. The summed E-state index contributed by atoms with van der Waals surface area (Å²) in [6.45, 7) is 9.40. The van der Waals surface area contributed by atoms with Crippen LogP contribution in [0.4, 0.5) is 0 Å². The van der Waals surface area contributed by atoms with Gasteiger partial charge in [-0.05, 0) is 31.1 Å². The van der Waals surface area contributed by atoms with E-state index in [0.717, 1.165) is 9.73 Å². The molecule has 0 heterocycles. The molecule has 0 aliphatic carbocycles. The molecule has 0 amide bonds. The lowest BCUT2D eigenvalue weighted by Crippen LogP contribution is -2.30. The molecule has 100 valence electrons. The van der Waals surface area contributed by atoms with Crippen molar-refractivity contribution in [1.82, 2.24) is 0 Å². The Kier molecular flexibility index (Phi) is 7.56. The molecule has 0 saturated carbocycles. The maximum absolute atomic E-state index is 9.51. The van der Waals surface area contributed by atoms with Crippen molar-refractivity contribution in [2.45, 2.75) is 53.2 Å². The first kappa shape index (κ1) is 17.1. The number of aliphatic hydroxyl groups excluding tert-OH is 2. The fourth-order valence-corrected chi connectivity index (χ4v) is 2.27. The molecule has 2 nitrogen and oxygen atoms in total. The van der Waals surface area contributed by atoms with Crippen molar-refractivity contribution in [1.29, 1.82) is 0 Å². The molecule has 0 saturated heterocycles. The van der Waals surface area contributed by atoms with Gasteiger partial charge < -0.3 is 10.2 Å². The highest BCUT2D eigenvalue weighted by atomic mass is 32.1. The maximum Gasteiger partial charge on any atom is 0.0583 e. The fraction of sp³-hybridized carbons (Fsp3) is 0.846. The lowest BCUT2D eigenvalue weighted by atomic mass is 9.87. The Balaban J connectivity index is 4.40. The van der Waals surface area contributed by atoms with Gasteiger partial charge in [0.2, 0.25) is 0 Å². The van der Waals surface area contributed by atoms with Crippen LogP contribution in [-0.2, 0) is 0 Å². The van der Waals surface area contributed by atoms with Crippen molar-refractivity contribution in [3.8, 4) is 0 Å². The van der Waals surface area contributed by atoms with E-state index in [2.05, 4.69) is 0 Å². The molecule has 2 N–H and O–H groups in total. The molecule has 4 heteroatoms. The zero-order valence-electron chi connectivity index (χ0n) is 11.3. The SMILES string of the molecule is CC(CC(=S)C(C)C(C)O)C(=S)C(C)C(C)O. The van der Waals surface area contributed by atoms with Crippen molar-refractivity contribution in [2.24, 2.45) is 17.8 Å². The summed E-state index contributed by atoms with van der Waals surface area (Å²) in [7, 11) is 0. The molecule has 17 heavy (non-hydrogen) atoms. The molecule has 0 aliphatic heterocycles. The van der Waals surface area contributed by atoms with Crippen LogP contribution in [-0.4, -0.2) is 32.2 Å². The average molecular weight is 276 g/mol. The quantitative estimate of drug-likeness (QED) is 0.702. The van der Waals surface area contributed by atoms with Crippen LogP contribution in [0.2, 0.25) is 0 Å². The predicted octanol–water partition coefficient (Wildman–Crippen LogP) is 2.79. The van der Waals surface area contributed by atoms with Crippen LogP contribution in [0.25, 0.3) is 0 Å². The Bertz CT molecular complexity index is 275. The highest BCUT2D eigenvalue weighted by Crippen LogP contribution is 2.20. The van der Waals surface area contributed by atoms with Crippen LogP contribution in [0, 0.1) is 17.8 Å². The van der Waals surface area contributed by atoms with Crippen LogP contribution in [0.15, 0.2) is 0 Å². The third-order valence-corrected chi connectivity index (χ3v) is 4.71. The van der Waals surface area contributed by atoms with Gasteiger partial charge >= 0.3 is 0 Å². The smallest absolute Gasteiger partial charge is 0.0583 e. The molecule has 0 radical (unpaired) electrons. The van der Waals surface area contributed by atoms with E-state index in [0.29, 0.717) is 6.42 Å². The number of rotatable bonds is 7. The van der Waals surface area contributed by atoms with Crippen LogP contribution >= 0.6 is 24.4 Å². The molecule has 0 aliphatic rings. The third-order valence-electron chi connectivity index (χ3n) is 3.40. The molecular weight excluding hydrogens is 252 g/mol. The Morgan fingerprint density at radius 3 is 1.65 bits per heavy atom. The summed E-state index contributed by atoms with van der Waals surface area (Å²) in [5, 5.41) is 19.0. The molecule has 5 unspecified atom stereocenters. The van der Waals surface area contributed by atoms with E-state index in [9.17, 15) is 10.2 Å². The second-order valence-corrected chi connectivity index (χ2v) is 6.03. The average Bonchev–Trinajstić information content (AvgIpc) is 2.25. The molecule has 0 spiro atoms. The lowest BCUT2D eigenvalue weighted by Gasteiger charge is -2.24. The molecule has 0 bridgehead atoms. The third kappa shape index (κ3) is 5.51. The van der Waals surface area contributed by atoms with E-state index in [-0.39, 0.29) is 17.8 Å². The summed E-state index contributed by atoms with van der Waals surface area (Å²) in [5.74, 6) is 0.185. The Morgan fingerprint density at radius 1 is 0.882 bits per heavy atom. The number of hydrogen-bond donors (Lipinski definition) is 2. The van der Waals surface area contributed by atoms with Crippen molar-refractivity contribution < 1.29 is 10.2 Å². The zero-order chi connectivity index (χ0) is 13.7.